The van der Waals surface area contributed by atoms with Crippen LogP contribution in [-0.2, 0) is 6.54 Å². The average molecular weight is 252 g/mol. The summed E-state index contributed by atoms with van der Waals surface area (Å²) in [4.78, 5) is 6.34. The monoisotopic (exact) mass is 251 g/mol. The molecule has 4 heteroatoms. The second kappa shape index (κ2) is 7.16. The molecule has 0 aliphatic carbocycles. The number of rotatable bonds is 6. The van der Waals surface area contributed by atoms with Crippen LogP contribution in [0.1, 0.15) is 19.4 Å². The van der Waals surface area contributed by atoms with Crippen molar-refractivity contribution in [2.45, 2.75) is 20.4 Å². The third-order valence-corrected chi connectivity index (χ3v) is 2.81. The van der Waals surface area contributed by atoms with E-state index in [1.165, 1.54) is 0 Å². The first-order valence-electron chi connectivity index (χ1n) is 5.76. The first-order valence-corrected chi connectivity index (χ1v) is 6.14. The van der Waals surface area contributed by atoms with Crippen molar-refractivity contribution in [2.75, 3.05) is 24.5 Å². The summed E-state index contributed by atoms with van der Waals surface area (Å²) in [5, 5.41) is 3.94. The van der Waals surface area contributed by atoms with Crippen molar-refractivity contribution in [2.24, 2.45) is 0 Å². The van der Waals surface area contributed by atoms with E-state index in [1.807, 2.05) is 11.0 Å². The highest BCUT2D eigenvalue weighted by atomic mass is 35.5. The van der Waals surface area contributed by atoms with E-state index in [0.717, 1.165) is 31.0 Å². The van der Waals surface area contributed by atoms with E-state index in [0.29, 0.717) is 11.6 Å². The number of hydrogen-bond donors (Lipinski definition) is 1. The first-order chi connectivity index (χ1) is 8.22. The van der Waals surface area contributed by atoms with Crippen molar-refractivity contribution >= 4 is 17.4 Å². The number of aromatic nitrogens is 1. The van der Waals surface area contributed by atoms with Crippen LogP contribution in [0.15, 0.2) is 12.3 Å². The van der Waals surface area contributed by atoms with Gasteiger partial charge < -0.3 is 10.2 Å². The fourth-order valence-electron chi connectivity index (χ4n) is 1.50. The van der Waals surface area contributed by atoms with Crippen molar-refractivity contribution in [3.63, 3.8) is 0 Å². The molecule has 3 nitrogen and oxygen atoms in total. The lowest BCUT2D eigenvalue weighted by molar-refractivity contribution is 0.725. The van der Waals surface area contributed by atoms with Crippen LogP contribution in [0.3, 0.4) is 0 Å². The minimum Gasteiger partial charge on any atom is -0.346 e. The molecule has 0 radical (unpaired) electrons. The van der Waals surface area contributed by atoms with Gasteiger partial charge in [0.05, 0.1) is 11.6 Å². The van der Waals surface area contributed by atoms with Crippen molar-refractivity contribution in [1.29, 1.82) is 0 Å². The molecule has 1 aromatic heterocycles. The third-order valence-electron chi connectivity index (χ3n) is 2.47. The van der Waals surface area contributed by atoms with Crippen LogP contribution < -0.4 is 10.2 Å². The smallest absolute Gasteiger partial charge is 0.129 e. The number of nitrogens with one attached hydrogen (secondary N) is 1. The van der Waals surface area contributed by atoms with Crippen molar-refractivity contribution in [1.82, 2.24) is 10.3 Å². The van der Waals surface area contributed by atoms with Gasteiger partial charge in [0.25, 0.3) is 0 Å². The summed E-state index contributed by atoms with van der Waals surface area (Å²) in [5.41, 5.74) is 1.05. The summed E-state index contributed by atoms with van der Waals surface area (Å²) in [7, 11) is 0. The number of terminal acetylenes is 1. The van der Waals surface area contributed by atoms with Gasteiger partial charge in [-0.15, -0.1) is 6.42 Å². The molecule has 0 saturated heterocycles. The molecule has 0 atom stereocenters. The normalized spacial score (nSPS) is 10.0. The minimum absolute atomic E-state index is 0.561. The van der Waals surface area contributed by atoms with Gasteiger partial charge in [-0.05, 0) is 25.1 Å². The number of hydrogen-bond acceptors (Lipinski definition) is 3. The van der Waals surface area contributed by atoms with E-state index in [1.54, 1.807) is 6.20 Å². The molecule has 1 N–H and O–H groups in total. The number of anilines is 1. The van der Waals surface area contributed by atoms with Crippen molar-refractivity contribution in [3.8, 4) is 12.3 Å². The third kappa shape index (κ3) is 3.92. The van der Waals surface area contributed by atoms with Gasteiger partial charge in [-0.3, -0.25) is 0 Å². The molecular weight excluding hydrogens is 234 g/mol. The Kier molecular flexibility index (Phi) is 5.82. The van der Waals surface area contributed by atoms with Gasteiger partial charge in [0.15, 0.2) is 0 Å². The highest BCUT2D eigenvalue weighted by Gasteiger charge is 2.07. The molecule has 1 aromatic rings. The minimum atomic E-state index is 0.561. The Hall–Kier alpha value is -1.24. The molecule has 0 spiro atoms. The zero-order chi connectivity index (χ0) is 12.7. The first kappa shape index (κ1) is 13.8. The quantitative estimate of drug-likeness (QED) is 0.787. The van der Waals surface area contributed by atoms with Gasteiger partial charge >= 0.3 is 0 Å². The zero-order valence-corrected chi connectivity index (χ0v) is 11.1. The summed E-state index contributed by atoms with van der Waals surface area (Å²) in [6.45, 7) is 7.17. The van der Waals surface area contributed by atoms with E-state index in [9.17, 15) is 0 Å². The molecule has 0 aliphatic heterocycles. The van der Waals surface area contributed by atoms with Gasteiger partial charge in [0, 0.05) is 19.3 Å². The molecule has 0 unspecified atom stereocenters. The van der Waals surface area contributed by atoms with E-state index in [4.69, 9.17) is 18.0 Å². The molecule has 0 aromatic carbocycles. The highest BCUT2D eigenvalue weighted by Crippen LogP contribution is 2.20. The van der Waals surface area contributed by atoms with Crippen molar-refractivity contribution < 1.29 is 0 Å². The molecule has 17 heavy (non-hydrogen) atoms. The summed E-state index contributed by atoms with van der Waals surface area (Å²) >= 11 is 6.10. The Labute approximate surface area is 108 Å². The summed E-state index contributed by atoms with van der Waals surface area (Å²) in [6, 6.07) is 1.99. The van der Waals surface area contributed by atoms with Crippen LogP contribution in [0, 0.1) is 12.3 Å². The largest absolute Gasteiger partial charge is 0.346 e. The van der Waals surface area contributed by atoms with Crippen LogP contribution >= 0.6 is 11.6 Å². The molecule has 0 amide bonds. The van der Waals surface area contributed by atoms with Gasteiger partial charge in [-0.25, -0.2) is 4.98 Å². The van der Waals surface area contributed by atoms with E-state index < -0.39 is 0 Å². The van der Waals surface area contributed by atoms with E-state index in [2.05, 4.69) is 30.1 Å². The maximum Gasteiger partial charge on any atom is 0.129 e. The lowest BCUT2D eigenvalue weighted by Crippen LogP contribution is -2.24. The molecule has 1 heterocycles. The second-order valence-electron chi connectivity index (χ2n) is 3.63. The Morgan fingerprint density at radius 3 is 2.88 bits per heavy atom. The second-order valence-corrected chi connectivity index (χ2v) is 4.04. The molecule has 92 valence electrons. The van der Waals surface area contributed by atoms with Crippen LogP contribution in [0.4, 0.5) is 5.82 Å². The van der Waals surface area contributed by atoms with Gasteiger partial charge in [0.1, 0.15) is 5.82 Å². The summed E-state index contributed by atoms with van der Waals surface area (Å²) < 4.78 is 0. The van der Waals surface area contributed by atoms with Gasteiger partial charge in [-0.2, -0.15) is 0 Å². The Morgan fingerprint density at radius 2 is 2.29 bits per heavy atom. The molecule has 0 aliphatic rings. The molecular formula is C13H18ClN3. The topological polar surface area (TPSA) is 28.2 Å². The number of halogens is 1. The predicted molar refractivity (Wildman–Crippen MR) is 73.3 cm³/mol. The molecule has 0 bridgehead atoms. The van der Waals surface area contributed by atoms with Crippen LogP contribution in [-0.4, -0.2) is 24.6 Å². The van der Waals surface area contributed by atoms with E-state index >= 15 is 0 Å². The maximum absolute atomic E-state index is 6.10. The van der Waals surface area contributed by atoms with Crippen LogP contribution in [0.2, 0.25) is 5.02 Å². The average Bonchev–Trinajstić information content (AvgIpc) is 2.35. The summed E-state index contributed by atoms with van der Waals surface area (Å²) in [5.74, 6) is 3.51. The summed E-state index contributed by atoms with van der Waals surface area (Å²) in [6.07, 6.45) is 7.02. The standard InChI is InChI=1S/C13H18ClN3/c1-4-7-17(6-3)13-8-11(9-15-5-2)12(14)10-16-13/h1,8,10,15H,5-7,9H2,2-3H3. The molecule has 0 saturated carbocycles. The Balaban J connectivity index is 2.90. The number of pyridine rings is 1. The number of nitrogens with zero attached hydrogens (tertiary/aromatic N) is 2. The Bertz CT molecular complexity index is 398. The fraction of sp³-hybridized carbons (Fsp3) is 0.462. The Morgan fingerprint density at radius 1 is 1.53 bits per heavy atom. The van der Waals surface area contributed by atoms with Crippen molar-refractivity contribution in [3.05, 3.63) is 22.8 Å². The lowest BCUT2D eigenvalue weighted by atomic mass is 10.2. The molecule has 1 rings (SSSR count). The van der Waals surface area contributed by atoms with Crippen LogP contribution in [0.5, 0.6) is 0 Å². The van der Waals surface area contributed by atoms with Crippen LogP contribution in [0.25, 0.3) is 0 Å². The maximum atomic E-state index is 6.10. The van der Waals surface area contributed by atoms with Gasteiger partial charge in [-0.1, -0.05) is 24.4 Å². The van der Waals surface area contributed by atoms with Gasteiger partial charge in [0.2, 0.25) is 0 Å². The zero-order valence-electron chi connectivity index (χ0n) is 10.3. The predicted octanol–water partition coefficient (Wildman–Crippen LogP) is 2.30. The SMILES string of the molecule is C#CCN(CC)c1cc(CNCC)c(Cl)cn1. The molecule has 0 fully saturated rings. The highest BCUT2D eigenvalue weighted by molar-refractivity contribution is 6.31. The van der Waals surface area contributed by atoms with E-state index in [-0.39, 0.29) is 0 Å². The fourth-order valence-corrected chi connectivity index (χ4v) is 1.67. The lowest BCUT2D eigenvalue weighted by Gasteiger charge is -2.20.